The number of phenolic OH excluding ortho intramolecular Hbond substituents is 2. The van der Waals surface area contributed by atoms with Crippen molar-refractivity contribution in [2.45, 2.75) is 51.0 Å². The van der Waals surface area contributed by atoms with E-state index >= 15 is 0 Å². The Hall–Kier alpha value is -8.22. The molecule has 0 heterocycles. The first-order valence-electron chi connectivity index (χ1n) is 23.5. The van der Waals surface area contributed by atoms with E-state index in [0.29, 0.717) is 47.0 Å². The smallest absolute Gasteiger partial charge is 0.132 e. The van der Waals surface area contributed by atoms with Crippen molar-refractivity contribution in [2.75, 3.05) is 0 Å². The molecular weight excluding hydrogens is 837 g/mol. The van der Waals surface area contributed by atoms with Crippen LogP contribution in [0.25, 0.3) is 65.3 Å². The van der Waals surface area contributed by atoms with Crippen molar-refractivity contribution in [3.63, 3.8) is 0 Å². The normalized spacial score (nSPS) is 15.2. The Morgan fingerprint density at radius 3 is 1.16 bits per heavy atom. The van der Waals surface area contributed by atoms with Gasteiger partial charge in [-0.2, -0.15) is 0 Å². The van der Waals surface area contributed by atoms with Gasteiger partial charge in [-0.25, -0.2) is 0 Å². The molecule has 68 heavy (non-hydrogen) atoms. The number of ether oxygens (including phenoxy) is 2. The van der Waals surface area contributed by atoms with E-state index in [1.165, 1.54) is 0 Å². The maximum atomic E-state index is 12.5. The zero-order valence-corrected chi connectivity index (χ0v) is 37.6. The first kappa shape index (κ1) is 42.4. The minimum Gasteiger partial charge on any atom is -0.507 e. The van der Waals surface area contributed by atoms with Gasteiger partial charge in [0.25, 0.3) is 0 Å². The number of aliphatic imine (C=N–C) groups is 2. The number of fused-ring (bicyclic) bond motifs is 4. The molecule has 0 aromatic heterocycles. The zero-order chi connectivity index (χ0) is 45.8. The number of hydrogen-bond donors (Lipinski definition) is 2. The fourth-order valence-corrected chi connectivity index (χ4v) is 9.94. The summed E-state index contributed by atoms with van der Waals surface area (Å²) in [5.74, 6) is 1.69. The second-order valence-electron chi connectivity index (χ2n) is 17.7. The van der Waals surface area contributed by atoms with Crippen molar-refractivity contribution >= 4 is 55.5 Å². The Labute approximate surface area is 396 Å². The van der Waals surface area contributed by atoms with E-state index in [0.717, 1.165) is 91.0 Å². The van der Waals surface area contributed by atoms with Gasteiger partial charge in [-0.3, -0.25) is 9.98 Å². The van der Waals surface area contributed by atoms with E-state index in [4.69, 9.17) is 19.5 Å². The fourth-order valence-electron chi connectivity index (χ4n) is 9.94. The Morgan fingerprint density at radius 2 is 0.750 bits per heavy atom. The van der Waals surface area contributed by atoms with E-state index < -0.39 is 0 Å². The van der Waals surface area contributed by atoms with E-state index in [1.807, 2.05) is 122 Å². The van der Waals surface area contributed by atoms with Gasteiger partial charge >= 0.3 is 0 Å². The van der Waals surface area contributed by atoms with Crippen molar-refractivity contribution in [1.29, 1.82) is 0 Å². The second kappa shape index (κ2) is 18.9. The molecule has 0 radical (unpaired) electrons. The predicted octanol–water partition coefficient (Wildman–Crippen LogP) is 15.1. The van der Waals surface area contributed by atoms with Crippen LogP contribution in [0.1, 0.15) is 47.9 Å². The lowest BCUT2D eigenvalue weighted by Crippen LogP contribution is -2.27. The summed E-state index contributed by atoms with van der Waals surface area (Å²) in [5.41, 5.74) is 6.50. The highest BCUT2D eigenvalue weighted by atomic mass is 16.5. The van der Waals surface area contributed by atoms with Crippen LogP contribution in [0, 0.1) is 0 Å². The van der Waals surface area contributed by atoms with Crippen LogP contribution < -0.4 is 9.47 Å². The summed E-state index contributed by atoms with van der Waals surface area (Å²) >= 11 is 0. The van der Waals surface area contributed by atoms with Crippen LogP contribution >= 0.6 is 0 Å². The molecule has 10 aromatic rings. The standard InChI is InChI=1S/C62H50N2O4/c65-61-47(35-45-23-9-13-27-51(45)59(61)57-49-25-11-7-21-43(49)31-33-55(57)67-39-41-17-3-1-4-18-41)37-63-53-29-15-16-30-54(53)64-38-48-36-46-24-10-14-28-52(46)60(62(48)66)58-50-26-12-8-22-44(50)32-34-56(58)68-40-42-19-5-2-6-20-42/h1-14,17-28,31-38,53-54,65-66H,15-16,29-30,39-40H2/t53-,54-/m1/s1. The average molecular weight is 887 g/mol. The van der Waals surface area contributed by atoms with Crippen LogP contribution in [0.2, 0.25) is 0 Å². The Kier molecular flexibility index (Phi) is 11.8. The summed E-state index contributed by atoms with van der Waals surface area (Å²) in [6, 6.07) is 65.1. The number of hydrogen-bond acceptors (Lipinski definition) is 6. The lowest BCUT2D eigenvalue weighted by atomic mass is 9.89. The minimum atomic E-state index is -0.130. The number of aromatic hydroxyl groups is 2. The molecular formula is C62H50N2O4. The third-order valence-electron chi connectivity index (χ3n) is 13.4. The SMILES string of the molecule is Oc1c(C=N[C@@H]2CCCC[C@H]2N=Cc2cc3ccccc3c(-c3c(OCc4ccccc4)ccc4ccccc34)c2O)cc2ccccc2c1-c1c(OCc2ccccc2)ccc2ccccc12. The molecule has 0 aliphatic heterocycles. The van der Waals surface area contributed by atoms with Crippen molar-refractivity contribution < 1.29 is 19.7 Å². The monoisotopic (exact) mass is 886 g/mol. The molecule has 6 nitrogen and oxygen atoms in total. The van der Waals surface area contributed by atoms with Gasteiger partial charge in [-0.1, -0.05) is 183 Å². The molecule has 1 aliphatic rings. The van der Waals surface area contributed by atoms with Crippen molar-refractivity contribution in [3.8, 4) is 45.3 Å². The van der Waals surface area contributed by atoms with Crippen LogP contribution in [0.15, 0.2) is 204 Å². The molecule has 2 N–H and O–H groups in total. The summed E-state index contributed by atoms with van der Waals surface area (Å²) in [5, 5.41) is 32.8. The number of nitrogens with zero attached hydrogens (tertiary/aromatic N) is 2. The summed E-state index contributed by atoms with van der Waals surface area (Å²) < 4.78 is 13.2. The highest BCUT2D eigenvalue weighted by Crippen LogP contribution is 2.48. The van der Waals surface area contributed by atoms with E-state index in [9.17, 15) is 10.2 Å². The van der Waals surface area contributed by atoms with Gasteiger partial charge in [-0.05, 0) is 91.3 Å². The molecule has 6 heteroatoms. The van der Waals surface area contributed by atoms with Crippen LogP contribution in [-0.2, 0) is 13.2 Å². The highest BCUT2D eigenvalue weighted by molar-refractivity contribution is 6.14. The van der Waals surface area contributed by atoms with Crippen molar-refractivity contribution in [3.05, 3.63) is 216 Å². The Balaban J connectivity index is 0.962. The predicted molar refractivity (Wildman–Crippen MR) is 280 cm³/mol. The van der Waals surface area contributed by atoms with Crippen LogP contribution in [0.3, 0.4) is 0 Å². The molecule has 1 saturated carbocycles. The minimum absolute atomic E-state index is 0.130. The van der Waals surface area contributed by atoms with Crippen molar-refractivity contribution in [1.82, 2.24) is 0 Å². The number of benzene rings is 10. The third kappa shape index (κ3) is 8.42. The van der Waals surface area contributed by atoms with Gasteiger partial charge in [0.2, 0.25) is 0 Å². The molecule has 1 aliphatic carbocycles. The maximum Gasteiger partial charge on any atom is 0.132 e. The van der Waals surface area contributed by atoms with Gasteiger partial charge in [0.05, 0.1) is 12.1 Å². The van der Waals surface area contributed by atoms with Gasteiger partial charge < -0.3 is 19.7 Å². The number of rotatable bonds is 12. The largest absolute Gasteiger partial charge is 0.507 e. The quantitative estimate of drug-likeness (QED) is 0.120. The first-order valence-corrected chi connectivity index (χ1v) is 23.5. The van der Waals surface area contributed by atoms with Crippen LogP contribution in [-0.4, -0.2) is 34.7 Å². The van der Waals surface area contributed by atoms with E-state index in [-0.39, 0.29) is 23.6 Å². The summed E-state index contributed by atoms with van der Waals surface area (Å²) in [6.45, 7) is 0.780. The third-order valence-corrected chi connectivity index (χ3v) is 13.4. The topological polar surface area (TPSA) is 83.6 Å². The van der Waals surface area contributed by atoms with E-state index in [2.05, 4.69) is 84.9 Å². The summed E-state index contributed by atoms with van der Waals surface area (Å²) in [6.07, 6.45) is 7.44. The van der Waals surface area contributed by atoms with Gasteiger partial charge in [0, 0.05) is 45.8 Å². The average Bonchev–Trinajstić information content (AvgIpc) is 3.39. The maximum absolute atomic E-state index is 12.5. The molecule has 0 spiro atoms. The molecule has 1 fully saturated rings. The van der Waals surface area contributed by atoms with Gasteiger partial charge in [0.1, 0.15) is 36.2 Å². The van der Waals surface area contributed by atoms with Gasteiger partial charge in [0.15, 0.2) is 0 Å². The van der Waals surface area contributed by atoms with Crippen LogP contribution in [0.4, 0.5) is 0 Å². The molecule has 11 rings (SSSR count). The molecule has 0 saturated heterocycles. The molecule has 0 amide bonds. The highest BCUT2D eigenvalue weighted by Gasteiger charge is 2.26. The first-order chi connectivity index (χ1) is 33.6. The molecule has 0 bridgehead atoms. The zero-order valence-electron chi connectivity index (χ0n) is 37.6. The number of phenols is 2. The van der Waals surface area contributed by atoms with Crippen LogP contribution in [0.5, 0.6) is 23.0 Å². The summed E-state index contributed by atoms with van der Waals surface area (Å²) in [7, 11) is 0. The Bertz CT molecular complexity index is 3280. The molecule has 2 atom stereocenters. The van der Waals surface area contributed by atoms with Crippen molar-refractivity contribution in [2.24, 2.45) is 9.98 Å². The van der Waals surface area contributed by atoms with Gasteiger partial charge in [-0.15, -0.1) is 0 Å². The Morgan fingerprint density at radius 1 is 0.397 bits per heavy atom. The molecule has 332 valence electrons. The molecule has 0 unspecified atom stereocenters. The summed E-state index contributed by atoms with van der Waals surface area (Å²) in [4.78, 5) is 10.5. The van der Waals surface area contributed by atoms with E-state index in [1.54, 1.807) is 0 Å². The second-order valence-corrected chi connectivity index (χ2v) is 17.7. The lowest BCUT2D eigenvalue weighted by molar-refractivity contribution is 0.307. The lowest BCUT2D eigenvalue weighted by Gasteiger charge is -2.26. The molecule has 10 aromatic carbocycles. The fraction of sp³-hybridized carbons (Fsp3) is 0.129.